The minimum atomic E-state index is -3.85. The van der Waals surface area contributed by atoms with Crippen molar-refractivity contribution in [3.8, 4) is 0 Å². The van der Waals surface area contributed by atoms with Gasteiger partial charge in [0.15, 0.2) is 0 Å². The molecule has 0 radical (unpaired) electrons. The summed E-state index contributed by atoms with van der Waals surface area (Å²) in [7, 11) is -2.74. The highest BCUT2D eigenvalue weighted by molar-refractivity contribution is 7.47. The first-order chi connectivity index (χ1) is 7.52. The molecule has 0 fully saturated rings. The molecule has 0 aliphatic heterocycles. The highest BCUT2D eigenvalue weighted by Crippen LogP contribution is 2.41. The molecule has 0 spiro atoms. The largest absolute Gasteiger partial charge is 0.471 e. The molecule has 94 valence electrons. The van der Waals surface area contributed by atoms with Gasteiger partial charge in [0.1, 0.15) is 0 Å². The molecule has 0 rings (SSSR count). The molecule has 0 saturated carbocycles. The molecule has 0 heterocycles. The van der Waals surface area contributed by atoms with Crippen molar-refractivity contribution in [3.63, 3.8) is 0 Å². The summed E-state index contributed by atoms with van der Waals surface area (Å²) in [6.07, 6.45) is 3.10. The maximum absolute atomic E-state index is 10.8. The molecule has 1 unspecified atom stereocenters. The Kier molecular flexibility index (Phi) is 8.11. The van der Waals surface area contributed by atoms with E-state index in [9.17, 15) is 9.36 Å². The van der Waals surface area contributed by atoms with Gasteiger partial charge in [-0.3, -0.25) is 9.05 Å². The second-order valence-electron chi connectivity index (χ2n) is 2.92. The molecule has 1 atom stereocenters. The highest BCUT2D eigenvalue weighted by Gasteiger charge is 2.17. The van der Waals surface area contributed by atoms with Crippen LogP contribution in [0, 0.1) is 0 Å². The number of ether oxygens (including phenoxy) is 1. The molecule has 6 nitrogen and oxygen atoms in total. The maximum Gasteiger partial charge on any atom is 0.471 e. The first-order valence-corrected chi connectivity index (χ1v) is 6.33. The van der Waals surface area contributed by atoms with Crippen molar-refractivity contribution >= 4 is 13.8 Å². The molecule has 7 heteroatoms. The van der Waals surface area contributed by atoms with E-state index in [4.69, 9.17) is 9.63 Å². The number of hydrogen-bond acceptors (Lipinski definition) is 5. The van der Waals surface area contributed by atoms with Gasteiger partial charge in [0, 0.05) is 13.2 Å². The lowest BCUT2D eigenvalue weighted by Crippen LogP contribution is -2.02. The Balaban J connectivity index is 3.31. The monoisotopic (exact) mass is 252 g/mol. The van der Waals surface area contributed by atoms with Gasteiger partial charge >= 0.3 is 13.8 Å². The van der Waals surface area contributed by atoms with E-state index >= 15 is 0 Å². The second kappa shape index (κ2) is 8.47. The van der Waals surface area contributed by atoms with E-state index < -0.39 is 13.8 Å². The first-order valence-electron chi connectivity index (χ1n) is 4.84. The number of phosphoric ester groups is 1. The average molecular weight is 252 g/mol. The predicted molar refractivity (Wildman–Crippen MR) is 57.8 cm³/mol. The van der Waals surface area contributed by atoms with Crippen LogP contribution >= 0.6 is 7.82 Å². The third kappa shape index (κ3) is 8.61. The molecule has 0 aliphatic rings. The Morgan fingerprint density at radius 2 is 2.00 bits per heavy atom. The summed E-state index contributed by atoms with van der Waals surface area (Å²) < 4.78 is 24.4. The standard InChI is InChI=1S/C9H17O6P/c1-3-9(10)14-7-5-4-6-8-15-16(11,12)13-2/h3H,1,4-8H2,2H3,(H,11,12). The van der Waals surface area contributed by atoms with Gasteiger partial charge in [-0.2, -0.15) is 0 Å². The normalized spacial score (nSPS) is 14.1. The number of carbonyl (C=O) groups excluding carboxylic acids is 1. The van der Waals surface area contributed by atoms with E-state index in [-0.39, 0.29) is 6.61 Å². The smallest absolute Gasteiger partial charge is 0.463 e. The number of hydrogen-bond donors (Lipinski definition) is 1. The Morgan fingerprint density at radius 1 is 1.38 bits per heavy atom. The summed E-state index contributed by atoms with van der Waals surface area (Å²) in [5, 5.41) is 0. The summed E-state index contributed by atoms with van der Waals surface area (Å²) in [5.74, 6) is -0.449. The lowest BCUT2D eigenvalue weighted by molar-refractivity contribution is -0.137. The quantitative estimate of drug-likeness (QED) is 0.291. The summed E-state index contributed by atoms with van der Waals surface area (Å²) in [6.45, 7) is 3.71. The highest BCUT2D eigenvalue weighted by atomic mass is 31.2. The van der Waals surface area contributed by atoms with Gasteiger partial charge in [0.25, 0.3) is 0 Å². The SMILES string of the molecule is C=CC(=O)OCCCCCOP(=O)(O)OC. The van der Waals surface area contributed by atoms with Crippen molar-refractivity contribution in [3.05, 3.63) is 12.7 Å². The minimum Gasteiger partial charge on any atom is -0.463 e. The van der Waals surface area contributed by atoms with Gasteiger partial charge in [-0.25, -0.2) is 9.36 Å². The van der Waals surface area contributed by atoms with Crippen molar-refractivity contribution in [1.29, 1.82) is 0 Å². The summed E-state index contributed by atoms with van der Waals surface area (Å²) >= 11 is 0. The summed E-state index contributed by atoms with van der Waals surface area (Å²) in [4.78, 5) is 19.5. The zero-order valence-electron chi connectivity index (χ0n) is 9.26. The first kappa shape index (κ1) is 15.3. The van der Waals surface area contributed by atoms with Gasteiger partial charge in [0.2, 0.25) is 0 Å². The molecule has 16 heavy (non-hydrogen) atoms. The van der Waals surface area contributed by atoms with E-state index in [1.165, 1.54) is 0 Å². The van der Waals surface area contributed by atoms with E-state index in [1.54, 1.807) is 0 Å². The van der Waals surface area contributed by atoms with Crippen LogP contribution in [0.4, 0.5) is 0 Å². The lowest BCUT2D eigenvalue weighted by atomic mass is 10.2. The van der Waals surface area contributed by atoms with E-state index in [1.807, 2.05) is 0 Å². The number of rotatable bonds is 9. The third-order valence-electron chi connectivity index (χ3n) is 1.68. The van der Waals surface area contributed by atoms with Crippen LogP contribution < -0.4 is 0 Å². The summed E-state index contributed by atoms with van der Waals surface area (Å²) in [6, 6.07) is 0. The van der Waals surface area contributed by atoms with Crippen LogP contribution in [0.5, 0.6) is 0 Å². The maximum atomic E-state index is 10.8. The van der Waals surface area contributed by atoms with Crippen LogP contribution in [0.15, 0.2) is 12.7 Å². The van der Waals surface area contributed by atoms with E-state index in [0.717, 1.165) is 19.6 Å². The van der Waals surface area contributed by atoms with Crippen molar-refractivity contribution in [2.75, 3.05) is 20.3 Å². The minimum absolute atomic E-state index is 0.136. The van der Waals surface area contributed by atoms with Crippen molar-refractivity contribution < 1.29 is 28.0 Å². The van der Waals surface area contributed by atoms with Gasteiger partial charge in [-0.15, -0.1) is 0 Å². The zero-order valence-corrected chi connectivity index (χ0v) is 10.2. The molecule has 1 N–H and O–H groups in total. The average Bonchev–Trinajstić information content (AvgIpc) is 2.27. The number of unbranched alkanes of at least 4 members (excludes halogenated alkanes) is 2. The molecular weight excluding hydrogens is 235 g/mol. The van der Waals surface area contributed by atoms with E-state index in [2.05, 4.69) is 15.6 Å². The van der Waals surface area contributed by atoms with Crippen LogP contribution in [-0.2, 0) is 23.1 Å². The third-order valence-corrected chi connectivity index (χ3v) is 2.66. The molecule has 0 bridgehead atoms. The van der Waals surface area contributed by atoms with Gasteiger partial charge in [-0.1, -0.05) is 6.58 Å². The lowest BCUT2D eigenvalue weighted by Gasteiger charge is -2.08. The van der Waals surface area contributed by atoms with Gasteiger partial charge < -0.3 is 9.63 Å². The Labute approximate surface area is 94.8 Å². The zero-order chi connectivity index (χ0) is 12.4. The predicted octanol–water partition coefficient (Wildman–Crippen LogP) is 1.65. The topological polar surface area (TPSA) is 82.1 Å². The number of phosphoric acid groups is 1. The van der Waals surface area contributed by atoms with Gasteiger partial charge in [-0.05, 0) is 19.3 Å². The molecule has 0 aromatic rings. The van der Waals surface area contributed by atoms with Crippen LogP contribution in [0.2, 0.25) is 0 Å². The second-order valence-corrected chi connectivity index (χ2v) is 4.48. The Morgan fingerprint density at radius 3 is 2.56 bits per heavy atom. The molecule has 0 aromatic heterocycles. The molecule has 0 aliphatic carbocycles. The van der Waals surface area contributed by atoms with Crippen molar-refractivity contribution in [2.24, 2.45) is 0 Å². The van der Waals surface area contributed by atoms with Crippen LogP contribution in [0.3, 0.4) is 0 Å². The molecular formula is C9H17O6P. The fourth-order valence-electron chi connectivity index (χ4n) is 0.845. The Bertz CT molecular complexity index is 265. The number of carbonyl (C=O) groups is 1. The van der Waals surface area contributed by atoms with Crippen LogP contribution in [0.1, 0.15) is 19.3 Å². The molecule has 0 aromatic carbocycles. The fraction of sp³-hybridized carbons (Fsp3) is 0.667. The fourth-order valence-corrected chi connectivity index (χ4v) is 1.31. The van der Waals surface area contributed by atoms with Crippen molar-refractivity contribution in [2.45, 2.75) is 19.3 Å². The van der Waals surface area contributed by atoms with Crippen molar-refractivity contribution in [1.82, 2.24) is 0 Å². The molecule has 0 amide bonds. The van der Waals surface area contributed by atoms with Crippen LogP contribution in [-0.4, -0.2) is 31.2 Å². The summed E-state index contributed by atoms with van der Waals surface area (Å²) in [5.41, 5.74) is 0. The number of esters is 1. The Hall–Kier alpha value is -0.680. The van der Waals surface area contributed by atoms with Crippen LogP contribution in [0.25, 0.3) is 0 Å². The van der Waals surface area contributed by atoms with Gasteiger partial charge in [0.05, 0.1) is 13.2 Å². The molecule has 0 saturated heterocycles. The van der Waals surface area contributed by atoms with E-state index in [0.29, 0.717) is 19.4 Å².